The lowest BCUT2D eigenvalue weighted by atomic mass is 10.2. The standard InChI is InChI=1S/C21H23ClN2O5/c1-3-4-7-27-17-6-5-15(12-18(17)26-2)21(25)24-23-13-14-10-16(22)20-19(11-14)28-8-9-29-20/h5-6,10-13H,3-4,7-9H2,1-2H3,(H,24,25)/b23-13-. The molecule has 1 heterocycles. The Morgan fingerprint density at radius 3 is 2.86 bits per heavy atom. The van der Waals surface area contributed by atoms with Crippen LogP contribution in [0.25, 0.3) is 0 Å². The Kier molecular flexibility index (Phi) is 7.19. The molecule has 0 fully saturated rings. The van der Waals surface area contributed by atoms with Crippen LogP contribution in [0.4, 0.5) is 0 Å². The third-order valence-electron chi connectivity index (χ3n) is 4.18. The van der Waals surface area contributed by atoms with Crippen LogP contribution in [-0.2, 0) is 0 Å². The van der Waals surface area contributed by atoms with Crippen LogP contribution in [-0.4, -0.2) is 39.1 Å². The molecule has 0 spiro atoms. The smallest absolute Gasteiger partial charge is 0.271 e. The van der Waals surface area contributed by atoms with Gasteiger partial charge in [0.15, 0.2) is 23.0 Å². The molecule has 154 valence electrons. The maximum absolute atomic E-state index is 12.4. The number of hydrazone groups is 1. The first-order valence-corrected chi connectivity index (χ1v) is 9.73. The van der Waals surface area contributed by atoms with E-state index in [2.05, 4.69) is 17.5 Å². The van der Waals surface area contributed by atoms with Gasteiger partial charge in [0.2, 0.25) is 0 Å². The van der Waals surface area contributed by atoms with E-state index in [1.165, 1.54) is 13.3 Å². The normalized spacial score (nSPS) is 12.7. The molecular weight excluding hydrogens is 396 g/mol. The van der Waals surface area contributed by atoms with Gasteiger partial charge in [-0.1, -0.05) is 24.9 Å². The van der Waals surface area contributed by atoms with Gasteiger partial charge in [-0.25, -0.2) is 5.43 Å². The van der Waals surface area contributed by atoms with Crippen LogP contribution in [0, 0.1) is 0 Å². The molecule has 2 aromatic carbocycles. The fraction of sp³-hybridized carbons (Fsp3) is 0.333. The Bertz CT molecular complexity index is 901. The van der Waals surface area contributed by atoms with Crippen LogP contribution < -0.4 is 24.4 Å². The number of fused-ring (bicyclic) bond motifs is 1. The summed E-state index contributed by atoms with van der Waals surface area (Å²) in [5.41, 5.74) is 3.57. The Labute approximate surface area is 174 Å². The van der Waals surface area contributed by atoms with Crippen molar-refractivity contribution in [3.63, 3.8) is 0 Å². The maximum Gasteiger partial charge on any atom is 0.271 e. The molecule has 8 heteroatoms. The molecule has 1 N–H and O–H groups in total. The van der Waals surface area contributed by atoms with Crippen molar-refractivity contribution in [2.24, 2.45) is 5.10 Å². The van der Waals surface area contributed by atoms with Crippen LogP contribution in [0.1, 0.15) is 35.7 Å². The lowest BCUT2D eigenvalue weighted by Crippen LogP contribution is -2.18. The summed E-state index contributed by atoms with van der Waals surface area (Å²) in [5.74, 6) is 1.80. The van der Waals surface area contributed by atoms with Crippen molar-refractivity contribution >= 4 is 23.7 Å². The second-order valence-electron chi connectivity index (χ2n) is 6.29. The summed E-state index contributed by atoms with van der Waals surface area (Å²) >= 11 is 6.20. The van der Waals surface area contributed by atoms with Gasteiger partial charge in [-0.3, -0.25) is 4.79 Å². The largest absolute Gasteiger partial charge is 0.493 e. The summed E-state index contributed by atoms with van der Waals surface area (Å²) in [5, 5.41) is 4.42. The SMILES string of the molecule is CCCCOc1ccc(C(=O)N/N=C\c2cc(Cl)c3c(c2)OCCO3)cc1OC. The molecule has 3 rings (SSSR count). The van der Waals surface area contributed by atoms with E-state index in [0.29, 0.717) is 59.0 Å². The van der Waals surface area contributed by atoms with Crippen molar-refractivity contribution in [1.29, 1.82) is 0 Å². The summed E-state index contributed by atoms with van der Waals surface area (Å²) in [6, 6.07) is 8.44. The van der Waals surface area contributed by atoms with Crippen LogP contribution in [0.15, 0.2) is 35.4 Å². The minimum Gasteiger partial charge on any atom is -0.493 e. The third-order valence-corrected chi connectivity index (χ3v) is 4.46. The summed E-state index contributed by atoms with van der Waals surface area (Å²) in [6.07, 6.45) is 3.47. The van der Waals surface area contributed by atoms with Crippen LogP contribution in [0.5, 0.6) is 23.0 Å². The predicted molar refractivity (Wildman–Crippen MR) is 111 cm³/mol. The average Bonchev–Trinajstić information content (AvgIpc) is 2.74. The highest BCUT2D eigenvalue weighted by molar-refractivity contribution is 6.32. The van der Waals surface area contributed by atoms with E-state index >= 15 is 0 Å². The van der Waals surface area contributed by atoms with Crippen molar-refractivity contribution in [2.75, 3.05) is 26.9 Å². The number of unbranched alkanes of at least 4 members (excludes halogenated alkanes) is 1. The molecule has 0 radical (unpaired) electrons. The van der Waals surface area contributed by atoms with Crippen molar-refractivity contribution in [3.05, 3.63) is 46.5 Å². The second kappa shape index (κ2) is 10.0. The summed E-state index contributed by atoms with van der Waals surface area (Å²) in [4.78, 5) is 12.4. The molecule has 29 heavy (non-hydrogen) atoms. The zero-order valence-corrected chi connectivity index (χ0v) is 17.1. The van der Waals surface area contributed by atoms with Gasteiger partial charge in [-0.05, 0) is 42.3 Å². The Morgan fingerprint density at radius 1 is 1.24 bits per heavy atom. The number of halogens is 1. The summed E-state index contributed by atoms with van der Waals surface area (Å²) < 4.78 is 22.0. The van der Waals surface area contributed by atoms with Crippen LogP contribution >= 0.6 is 11.6 Å². The number of ether oxygens (including phenoxy) is 4. The van der Waals surface area contributed by atoms with Crippen LogP contribution in [0.2, 0.25) is 5.02 Å². The van der Waals surface area contributed by atoms with Gasteiger partial charge in [-0.2, -0.15) is 5.10 Å². The van der Waals surface area contributed by atoms with E-state index in [9.17, 15) is 4.79 Å². The fourth-order valence-electron chi connectivity index (χ4n) is 2.69. The monoisotopic (exact) mass is 418 g/mol. The first-order chi connectivity index (χ1) is 14.1. The number of nitrogens with one attached hydrogen (secondary N) is 1. The van der Waals surface area contributed by atoms with Gasteiger partial charge in [-0.15, -0.1) is 0 Å². The molecule has 0 saturated carbocycles. The van der Waals surface area contributed by atoms with Gasteiger partial charge in [0, 0.05) is 5.56 Å². The van der Waals surface area contributed by atoms with E-state index in [1.54, 1.807) is 30.3 Å². The molecule has 0 aromatic heterocycles. The number of nitrogens with zero attached hydrogens (tertiary/aromatic N) is 1. The summed E-state index contributed by atoms with van der Waals surface area (Å²) in [7, 11) is 1.54. The molecule has 1 amide bonds. The third kappa shape index (κ3) is 5.32. The van der Waals surface area contributed by atoms with Gasteiger partial charge in [0.1, 0.15) is 13.2 Å². The van der Waals surface area contributed by atoms with Gasteiger partial charge in [0.05, 0.1) is 25.0 Å². The van der Waals surface area contributed by atoms with Crippen LogP contribution in [0.3, 0.4) is 0 Å². The molecule has 2 aromatic rings. The summed E-state index contributed by atoms with van der Waals surface area (Å²) in [6.45, 7) is 3.61. The zero-order valence-electron chi connectivity index (χ0n) is 16.4. The second-order valence-corrected chi connectivity index (χ2v) is 6.70. The molecule has 1 aliphatic rings. The van der Waals surface area contributed by atoms with Crippen molar-refractivity contribution < 1.29 is 23.7 Å². The van der Waals surface area contributed by atoms with Crippen molar-refractivity contribution in [2.45, 2.75) is 19.8 Å². The van der Waals surface area contributed by atoms with Crippen molar-refractivity contribution in [1.82, 2.24) is 5.43 Å². The fourth-order valence-corrected chi connectivity index (χ4v) is 2.96. The minimum absolute atomic E-state index is 0.372. The first kappa shape index (κ1) is 20.8. The molecule has 7 nitrogen and oxygen atoms in total. The molecule has 0 aliphatic carbocycles. The average molecular weight is 419 g/mol. The Hall–Kier alpha value is -2.93. The van der Waals surface area contributed by atoms with Gasteiger partial charge >= 0.3 is 0 Å². The van der Waals surface area contributed by atoms with Gasteiger partial charge in [0.25, 0.3) is 5.91 Å². The van der Waals surface area contributed by atoms with Gasteiger partial charge < -0.3 is 18.9 Å². The van der Waals surface area contributed by atoms with E-state index in [0.717, 1.165) is 12.8 Å². The Morgan fingerprint density at radius 2 is 2.07 bits per heavy atom. The molecular formula is C21H23ClN2O5. The number of carbonyl (C=O) groups excluding carboxylic acids is 1. The molecule has 1 aliphatic heterocycles. The zero-order chi connectivity index (χ0) is 20.6. The molecule has 0 bridgehead atoms. The van der Waals surface area contributed by atoms with E-state index in [4.69, 9.17) is 30.5 Å². The maximum atomic E-state index is 12.4. The molecule has 0 atom stereocenters. The topological polar surface area (TPSA) is 78.4 Å². The highest BCUT2D eigenvalue weighted by Crippen LogP contribution is 2.37. The highest BCUT2D eigenvalue weighted by Gasteiger charge is 2.16. The minimum atomic E-state index is -0.372. The number of hydrogen-bond donors (Lipinski definition) is 1. The predicted octanol–water partition coefficient (Wildman–Crippen LogP) is 4.06. The number of hydrogen-bond acceptors (Lipinski definition) is 6. The quantitative estimate of drug-likeness (QED) is 0.397. The lowest BCUT2D eigenvalue weighted by molar-refractivity contribution is 0.0954. The molecule has 0 unspecified atom stereocenters. The van der Waals surface area contributed by atoms with E-state index in [1.807, 2.05) is 0 Å². The Balaban J connectivity index is 1.65. The number of rotatable bonds is 8. The van der Waals surface area contributed by atoms with E-state index < -0.39 is 0 Å². The first-order valence-electron chi connectivity index (χ1n) is 9.35. The van der Waals surface area contributed by atoms with Crippen molar-refractivity contribution in [3.8, 4) is 23.0 Å². The number of benzene rings is 2. The number of methoxy groups -OCH3 is 1. The lowest BCUT2D eigenvalue weighted by Gasteiger charge is -2.19. The van der Waals surface area contributed by atoms with E-state index in [-0.39, 0.29) is 5.91 Å². The molecule has 0 saturated heterocycles. The highest BCUT2D eigenvalue weighted by atomic mass is 35.5. The number of carbonyl (C=O) groups is 1. The number of amides is 1.